The third-order valence-corrected chi connectivity index (χ3v) is 8.55. The largest absolute Gasteiger partial charge is 0.488 e. The first-order valence-electron chi connectivity index (χ1n) is 15.1. The summed E-state index contributed by atoms with van der Waals surface area (Å²) in [5.41, 5.74) is 3.12. The van der Waals surface area contributed by atoms with Crippen molar-refractivity contribution in [1.82, 2.24) is 15.5 Å². The normalized spacial score (nSPS) is 19.9. The molecule has 6 rings (SSSR count). The highest BCUT2D eigenvalue weighted by Crippen LogP contribution is 2.37. The summed E-state index contributed by atoms with van der Waals surface area (Å²) in [5.74, 6) is -4.39. The molecule has 2 N–H and O–H groups in total. The average Bonchev–Trinajstić information content (AvgIpc) is 3.87. The van der Waals surface area contributed by atoms with Crippen LogP contribution in [0.2, 0.25) is 0 Å². The number of ether oxygens (including phenoxy) is 1. The molecule has 5 nitrogen and oxygen atoms in total. The van der Waals surface area contributed by atoms with Crippen LogP contribution in [-0.2, 0) is 23.9 Å². The molecule has 0 unspecified atom stereocenters. The summed E-state index contributed by atoms with van der Waals surface area (Å²) in [4.78, 5) is 16.0. The zero-order chi connectivity index (χ0) is 31.7. The van der Waals surface area contributed by atoms with Gasteiger partial charge in [-0.05, 0) is 78.6 Å². The number of hydrogen-bond donors (Lipinski definition) is 2. The topological polar surface area (TPSA) is 53.6 Å². The first-order valence-corrected chi connectivity index (χ1v) is 15.1. The van der Waals surface area contributed by atoms with Crippen molar-refractivity contribution in [1.29, 1.82) is 0 Å². The number of aryl methyl sites for hydroxylation is 1. The maximum atomic E-state index is 14.3. The molecule has 1 saturated heterocycles. The zero-order valence-electron chi connectivity index (χ0n) is 24.4. The predicted octanol–water partition coefficient (Wildman–Crippen LogP) is 6.41. The van der Waals surface area contributed by atoms with Crippen molar-refractivity contribution in [3.63, 3.8) is 0 Å². The van der Waals surface area contributed by atoms with E-state index in [1.807, 2.05) is 24.3 Å². The third-order valence-electron chi connectivity index (χ3n) is 8.55. The van der Waals surface area contributed by atoms with Gasteiger partial charge in [0.2, 0.25) is 5.82 Å². The van der Waals surface area contributed by atoms with Crippen LogP contribution in [0, 0.1) is 17.5 Å². The van der Waals surface area contributed by atoms with Gasteiger partial charge in [0.05, 0.1) is 18.2 Å². The Hall–Kier alpha value is -3.83. The Bertz CT molecular complexity index is 1590. The van der Waals surface area contributed by atoms with Gasteiger partial charge in [-0.2, -0.15) is 17.6 Å². The Morgan fingerprint density at radius 1 is 0.933 bits per heavy atom. The average molecular weight is 630 g/mol. The smallest absolute Gasteiger partial charge is 0.416 e. The number of rotatable bonds is 10. The summed E-state index contributed by atoms with van der Waals surface area (Å²) in [6, 6.07) is 14.3. The van der Waals surface area contributed by atoms with Gasteiger partial charge < -0.3 is 20.3 Å². The molecule has 3 aliphatic rings. The van der Waals surface area contributed by atoms with Crippen LogP contribution in [0.15, 0.2) is 66.2 Å². The fourth-order valence-electron chi connectivity index (χ4n) is 6.15. The first-order chi connectivity index (χ1) is 21.6. The SMILES string of the molecule is O=C(C1=C(c2ccc(CCCOc3c(F)ccc(F)c3F)cc2)C[C@@H]2CNC[C@H]1N2)N(Cc1cccc(C(F)(F)F)c1)C1CC1. The minimum atomic E-state index is -4.47. The molecule has 45 heavy (non-hydrogen) atoms. The third kappa shape index (κ3) is 7.04. The number of nitrogens with one attached hydrogen (secondary N) is 2. The minimum absolute atomic E-state index is 0.00619. The molecule has 3 aromatic carbocycles. The van der Waals surface area contributed by atoms with E-state index in [-0.39, 0.29) is 37.2 Å². The highest BCUT2D eigenvalue weighted by Gasteiger charge is 2.41. The molecule has 0 spiro atoms. The molecule has 1 saturated carbocycles. The predicted molar refractivity (Wildman–Crippen MR) is 157 cm³/mol. The van der Waals surface area contributed by atoms with Crippen molar-refractivity contribution in [2.75, 3.05) is 19.7 Å². The monoisotopic (exact) mass is 629 g/mol. The molecule has 2 fully saturated rings. The van der Waals surface area contributed by atoms with Gasteiger partial charge in [-0.1, -0.05) is 36.4 Å². The van der Waals surface area contributed by atoms with E-state index in [4.69, 9.17) is 4.74 Å². The Balaban J connectivity index is 1.20. The lowest BCUT2D eigenvalue weighted by atomic mass is 9.83. The maximum Gasteiger partial charge on any atom is 0.416 e. The van der Waals surface area contributed by atoms with E-state index in [9.17, 15) is 31.1 Å². The second-order valence-electron chi connectivity index (χ2n) is 11.9. The number of hydrogen-bond acceptors (Lipinski definition) is 4. The highest BCUT2D eigenvalue weighted by molar-refractivity contribution is 6.03. The van der Waals surface area contributed by atoms with Crippen LogP contribution < -0.4 is 15.4 Å². The molecule has 238 valence electrons. The Kier molecular flexibility index (Phi) is 8.92. The van der Waals surface area contributed by atoms with Gasteiger partial charge in [0.1, 0.15) is 0 Å². The van der Waals surface area contributed by atoms with Crippen molar-refractivity contribution >= 4 is 11.5 Å². The second-order valence-corrected chi connectivity index (χ2v) is 11.9. The number of amides is 1. The number of halogens is 6. The van der Waals surface area contributed by atoms with E-state index in [0.717, 1.165) is 54.3 Å². The number of piperazine rings is 1. The van der Waals surface area contributed by atoms with Crippen LogP contribution in [0.1, 0.15) is 47.9 Å². The van der Waals surface area contributed by atoms with Gasteiger partial charge in [-0.15, -0.1) is 0 Å². The van der Waals surface area contributed by atoms with Gasteiger partial charge in [0, 0.05) is 37.3 Å². The molecule has 1 amide bonds. The summed E-state index contributed by atoms with van der Waals surface area (Å²) in [7, 11) is 0. The quantitative estimate of drug-likeness (QED) is 0.155. The lowest BCUT2D eigenvalue weighted by Crippen LogP contribution is -2.59. The molecule has 3 aromatic rings. The number of carbonyl (C=O) groups is 1. The number of benzene rings is 3. The van der Waals surface area contributed by atoms with Gasteiger partial charge in [-0.3, -0.25) is 4.79 Å². The zero-order valence-corrected chi connectivity index (χ0v) is 24.4. The van der Waals surface area contributed by atoms with Crippen molar-refractivity contribution in [3.8, 4) is 5.75 Å². The summed E-state index contributed by atoms with van der Waals surface area (Å²) < 4.78 is 86.4. The fourth-order valence-corrected chi connectivity index (χ4v) is 6.15. The Morgan fingerprint density at radius 3 is 2.42 bits per heavy atom. The first kappa shape index (κ1) is 31.2. The van der Waals surface area contributed by atoms with E-state index < -0.39 is 34.9 Å². The van der Waals surface area contributed by atoms with E-state index >= 15 is 0 Å². The molecule has 0 radical (unpaired) electrons. The lowest BCUT2D eigenvalue weighted by Gasteiger charge is -2.41. The van der Waals surface area contributed by atoms with Crippen LogP contribution in [-0.4, -0.2) is 48.6 Å². The fraction of sp³-hybridized carbons (Fsp3) is 0.382. The van der Waals surface area contributed by atoms with Crippen LogP contribution in [0.4, 0.5) is 26.3 Å². The molecule has 1 aliphatic carbocycles. The van der Waals surface area contributed by atoms with E-state index in [1.165, 1.54) is 6.07 Å². The molecule has 0 aromatic heterocycles. The minimum Gasteiger partial charge on any atom is -0.488 e. The number of fused-ring (bicyclic) bond motifs is 2. The van der Waals surface area contributed by atoms with Crippen molar-refractivity contribution in [2.45, 2.75) is 63.0 Å². The van der Waals surface area contributed by atoms with Crippen LogP contribution in [0.25, 0.3) is 5.57 Å². The van der Waals surface area contributed by atoms with E-state index in [2.05, 4.69) is 10.6 Å². The molecule has 2 heterocycles. The van der Waals surface area contributed by atoms with Gasteiger partial charge in [0.25, 0.3) is 5.91 Å². The summed E-state index contributed by atoms with van der Waals surface area (Å²) >= 11 is 0. The van der Waals surface area contributed by atoms with Gasteiger partial charge >= 0.3 is 6.18 Å². The molecule has 2 atom stereocenters. The molecule has 11 heteroatoms. The lowest BCUT2D eigenvalue weighted by molar-refractivity contribution is -0.137. The summed E-state index contributed by atoms with van der Waals surface area (Å²) in [6.45, 7) is 1.41. The van der Waals surface area contributed by atoms with Gasteiger partial charge in [0.15, 0.2) is 17.4 Å². The number of alkyl halides is 3. The van der Waals surface area contributed by atoms with Crippen molar-refractivity contribution in [2.24, 2.45) is 0 Å². The maximum absolute atomic E-state index is 14.3. The Morgan fingerprint density at radius 2 is 1.69 bits per heavy atom. The highest BCUT2D eigenvalue weighted by atomic mass is 19.4. The molecule has 2 bridgehead atoms. The van der Waals surface area contributed by atoms with Gasteiger partial charge in [-0.25, -0.2) is 8.78 Å². The summed E-state index contributed by atoms with van der Waals surface area (Å²) in [6.07, 6.45) is -1.25. The molecule has 2 aliphatic heterocycles. The molecular formula is C34H33F6N3O2. The standard InChI is InChI=1S/C34H33F6N3O2/c35-27-12-13-28(36)32(31(27)37)45-14-2-4-20-6-8-22(9-7-20)26-16-24-17-41-18-29(42-24)30(26)33(44)43(25-10-11-25)19-21-3-1-5-23(15-21)34(38,39)40/h1,3,5-9,12-13,15,24-25,29,41-42H,2,4,10-11,14,16-19H2/t24-,29-/m1/s1. The van der Waals surface area contributed by atoms with Crippen LogP contribution >= 0.6 is 0 Å². The second kappa shape index (κ2) is 12.9. The van der Waals surface area contributed by atoms with E-state index in [1.54, 1.807) is 11.0 Å². The van der Waals surface area contributed by atoms with Crippen molar-refractivity contribution < 1.29 is 35.9 Å². The number of carbonyl (C=O) groups excluding carboxylic acids is 1. The Labute approximate surface area is 257 Å². The van der Waals surface area contributed by atoms with Crippen molar-refractivity contribution in [3.05, 3.63) is 106 Å². The van der Waals surface area contributed by atoms with E-state index in [0.29, 0.717) is 43.0 Å². The number of nitrogens with zero attached hydrogens (tertiary/aromatic N) is 1. The van der Waals surface area contributed by atoms with Crippen LogP contribution in [0.3, 0.4) is 0 Å². The van der Waals surface area contributed by atoms with Crippen LogP contribution in [0.5, 0.6) is 5.75 Å². The summed E-state index contributed by atoms with van der Waals surface area (Å²) in [5, 5.41) is 6.94. The molecular weight excluding hydrogens is 596 g/mol.